The van der Waals surface area contributed by atoms with Gasteiger partial charge in [-0.2, -0.15) is 5.26 Å². The third kappa shape index (κ3) is 2.53. The molecule has 17 heavy (non-hydrogen) atoms. The minimum Gasteiger partial charge on any atom is -0.480 e. The summed E-state index contributed by atoms with van der Waals surface area (Å²) < 4.78 is 5.00. The van der Waals surface area contributed by atoms with Crippen molar-refractivity contribution < 1.29 is 9.53 Å². The second-order valence-electron chi connectivity index (χ2n) is 3.98. The summed E-state index contributed by atoms with van der Waals surface area (Å²) in [6.45, 7) is 0. The molecule has 1 fully saturated rings. The summed E-state index contributed by atoms with van der Waals surface area (Å²) >= 11 is 0. The number of hydrogen-bond acceptors (Lipinski definition) is 4. The lowest BCUT2D eigenvalue weighted by molar-refractivity contribution is 0.0938. The van der Waals surface area contributed by atoms with E-state index in [0.29, 0.717) is 11.5 Å². The van der Waals surface area contributed by atoms with Crippen LogP contribution in [-0.2, 0) is 0 Å². The van der Waals surface area contributed by atoms with Crippen molar-refractivity contribution in [1.29, 1.82) is 5.26 Å². The van der Waals surface area contributed by atoms with Gasteiger partial charge < -0.3 is 10.1 Å². The molecule has 1 heterocycles. The van der Waals surface area contributed by atoms with Gasteiger partial charge in [-0.1, -0.05) is 0 Å². The van der Waals surface area contributed by atoms with Crippen molar-refractivity contribution >= 4 is 5.91 Å². The van der Waals surface area contributed by atoms with E-state index in [-0.39, 0.29) is 11.8 Å². The molecule has 1 unspecified atom stereocenters. The molecule has 1 aliphatic rings. The zero-order valence-corrected chi connectivity index (χ0v) is 9.51. The van der Waals surface area contributed by atoms with Gasteiger partial charge in [-0.25, -0.2) is 4.98 Å². The normalized spacial score (nSPS) is 15.8. The molecule has 2 rings (SSSR count). The van der Waals surface area contributed by atoms with Crippen LogP contribution in [0.25, 0.3) is 0 Å². The lowest BCUT2D eigenvalue weighted by atomic mass is 10.2. The topological polar surface area (TPSA) is 75.0 Å². The first-order valence-corrected chi connectivity index (χ1v) is 5.45. The van der Waals surface area contributed by atoms with Crippen LogP contribution in [0.15, 0.2) is 18.3 Å². The molecule has 1 aliphatic carbocycles. The van der Waals surface area contributed by atoms with E-state index in [4.69, 9.17) is 10.00 Å². The number of methoxy groups -OCH3 is 1. The number of carbonyl (C=O) groups excluding carboxylic acids is 1. The molecule has 1 N–H and O–H groups in total. The maximum atomic E-state index is 11.9. The number of carbonyl (C=O) groups is 1. The molecular weight excluding hydrogens is 218 g/mol. The predicted molar refractivity (Wildman–Crippen MR) is 60.4 cm³/mol. The highest BCUT2D eigenvalue weighted by atomic mass is 16.5. The standard InChI is InChI=1S/C12H13N3O2/c1-17-12-9(3-2-6-14-12)11(16)15-10(7-13)8-4-5-8/h2-3,6,8,10H,4-5H2,1H3,(H,15,16). The molecule has 0 radical (unpaired) electrons. The van der Waals surface area contributed by atoms with Gasteiger partial charge in [0.1, 0.15) is 11.6 Å². The zero-order chi connectivity index (χ0) is 12.3. The van der Waals surface area contributed by atoms with Crippen LogP contribution in [0.1, 0.15) is 23.2 Å². The Labute approximate surface area is 99.4 Å². The van der Waals surface area contributed by atoms with Crippen LogP contribution in [0, 0.1) is 17.2 Å². The van der Waals surface area contributed by atoms with Crippen LogP contribution in [-0.4, -0.2) is 24.0 Å². The highest BCUT2D eigenvalue weighted by Crippen LogP contribution is 2.32. The van der Waals surface area contributed by atoms with Crippen molar-refractivity contribution in [3.05, 3.63) is 23.9 Å². The Morgan fingerprint density at radius 1 is 1.71 bits per heavy atom. The minimum absolute atomic E-state index is 0.275. The van der Waals surface area contributed by atoms with Gasteiger partial charge in [-0.15, -0.1) is 0 Å². The van der Waals surface area contributed by atoms with E-state index in [9.17, 15) is 4.79 Å². The number of hydrogen-bond donors (Lipinski definition) is 1. The molecule has 0 aromatic carbocycles. The van der Waals surface area contributed by atoms with Crippen LogP contribution >= 0.6 is 0 Å². The van der Waals surface area contributed by atoms with E-state index in [0.717, 1.165) is 12.8 Å². The fraction of sp³-hybridized carbons (Fsp3) is 0.417. The fourth-order valence-electron chi connectivity index (χ4n) is 1.63. The van der Waals surface area contributed by atoms with Gasteiger partial charge >= 0.3 is 0 Å². The summed E-state index contributed by atoms with van der Waals surface area (Å²) in [6, 6.07) is 4.99. The quantitative estimate of drug-likeness (QED) is 0.842. The summed E-state index contributed by atoms with van der Waals surface area (Å²) in [6.07, 6.45) is 3.56. The zero-order valence-electron chi connectivity index (χ0n) is 9.51. The molecule has 1 saturated carbocycles. The van der Waals surface area contributed by atoms with E-state index in [1.807, 2.05) is 0 Å². The van der Waals surface area contributed by atoms with Gasteiger partial charge in [0.25, 0.3) is 5.91 Å². The van der Waals surface area contributed by atoms with Crippen LogP contribution < -0.4 is 10.1 Å². The SMILES string of the molecule is COc1ncccc1C(=O)NC(C#N)C1CC1. The van der Waals surface area contributed by atoms with Crippen LogP contribution in [0.5, 0.6) is 5.88 Å². The molecule has 0 bridgehead atoms. The third-order valence-corrected chi connectivity index (χ3v) is 2.73. The lowest BCUT2D eigenvalue weighted by Gasteiger charge is -2.11. The maximum absolute atomic E-state index is 11.9. The number of aromatic nitrogens is 1. The highest BCUT2D eigenvalue weighted by molar-refractivity contribution is 5.96. The third-order valence-electron chi connectivity index (χ3n) is 2.73. The lowest BCUT2D eigenvalue weighted by Crippen LogP contribution is -2.35. The van der Waals surface area contributed by atoms with Gasteiger partial charge in [-0.05, 0) is 30.9 Å². The van der Waals surface area contributed by atoms with E-state index >= 15 is 0 Å². The molecule has 5 heteroatoms. The Balaban J connectivity index is 2.11. The summed E-state index contributed by atoms with van der Waals surface area (Å²) in [7, 11) is 1.46. The molecule has 0 spiro atoms. The molecule has 5 nitrogen and oxygen atoms in total. The first-order valence-electron chi connectivity index (χ1n) is 5.45. The number of amides is 1. The van der Waals surface area contributed by atoms with E-state index in [1.165, 1.54) is 7.11 Å². The molecule has 1 atom stereocenters. The number of ether oxygens (including phenoxy) is 1. The number of nitrogens with one attached hydrogen (secondary N) is 1. The van der Waals surface area contributed by atoms with Crippen LogP contribution in [0.4, 0.5) is 0 Å². The second-order valence-corrected chi connectivity index (χ2v) is 3.98. The molecule has 0 aliphatic heterocycles. The van der Waals surface area contributed by atoms with Crippen molar-refractivity contribution in [2.45, 2.75) is 18.9 Å². The summed E-state index contributed by atoms with van der Waals surface area (Å²) in [5.41, 5.74) is 0.357. The number of nitriles is 1. The molecule has 1 amide bonds. The number of pyridine rings is 1. The van der Waals surface area contributed by atoms with Gasteiger partial charge in [0.15, 0.2) is 0 Å². The molecular formula is C12H13N3O2. The average Bonchev–Trinajstić information content (AvgIpc) is 3.19. The van der Waals surface area contributed by atoms with Gasteiger partial charge in [0.2, 0.25) is 5.88 Å². The predicted octanol–water partition coefficient (Wildman–Crippen LogP) is 1.12. The molecule has 1 aromatic heterocycles. The van der Waals surface area contributed by atoms with Crippen LogP contribution in [0.3, 0.4) is 0 Å². The Morgan fingerprint density at radius 3 is 3.06 bits per heavy atom. The number of nitrogens with zero attached hydrogens (tertiary/aromatic N) is 2. The Morgan fingerprint density at radius 2 is 2.47 bits per heavy atom. The average molecular weight is 231 g/mol. The maximum Gasteiger partial charge on any atom is 0.257 e. The van der Waals surface area contributed by atoms with E-state index < -0.39 is 6.04 Å². The van der Waals surface area contributed by atoms with Crippen molar-refractivity contribution in [1.82, 2.24) is 10.3 Å². The second kappa shape index (κ2) is 4.83. The largest absolute Gasteiger partial charge is 0.480 e. The van der Waals surface area contributed by atoms with Crippen molar-refractivity contribution in [3.63, 3.8) is 0 Å². The van der Waals surface area contributed by atoms with E-state index in [2.05, 4.69) is 16.4 Å². The first-order chi connectivity index (χ1) is 8.26. The Kier molecular flexibility index (Phi) is 3.24. The van der Waals surface area contributed by atoms with Crippen molar-refractivity contribution in [2.24, 2.45) is 5.92 Å². The summed E-state index contributed by atoms with van der Waals surface area (Å²) in [5, 5.41) is 11.6. The van der Waals surface area contributed by atoms with E-state index in [1.54, 1.807) is 18.3 Å². The monoisotopic (exact) mass is 231 g/mol. The van der Waals surface area contributed by atoms with Crippen molar-refractivity contribution in [3.8, 4) is 11.9 Å². The summed E-state index contributed by atoms with van der Waals surface area (Å²) in [5.74, 6) is 0.262. The van der Waals surface area contributed by atoms with Gasteiger partial charge in [0.05, 0.1) is 13.2 Å². The van der Waals surface area contributed by atoms with Crippen LogP contribution in [0.2, 0.25) is 0 Å². The number of rotatable bonds is 4. The first kappa shape index (κ1) is 11.4. The Bertz CT molecular complexity index is 463. The van der Waals surface area contributed by atoms with Gasteiger partial charge in [-0.3, -0.25) is 4.79 Å². The molecule has 0 saturated heterocycles. The Hall–Kier alpha value is -2.09. The fourth-order valence-corrected chi connectivity index (χ4v) is 1.63. The van der Waals surface area contributed by atoms with Gasteiger partial charge in [0, 0.05) is 6.20 Å². The highest BCUT2D eigenvalue weighted by Gasteiger charge is 2.32. The van der Waals surface area contributed by atoms with Crippen molar-refractivity contribution in [2.75, 3.05) is 7.11 Å². The smallest absolute Gasteiger partial charge is 0.257 e. The molecule has 88 valence electrons. The summed E-state index contributed by atoms with van der Waals surface area (Å²) in [4.78, 5) is 15.9. The minimum atomic E-state index is -0.410. The molecule has 1 aromatic rings.